The maximum atomic E-state index is 8.28. The lowest BCUT2D eigenvalue weighted by molar-refractivity contribution is -0.0361. The second-order valence-corrected chi connectivity index (χ2v) is 1.60. The van der Waals surface area contributed by atoms with Crippen LogP contribution in [0.3, 0.4) is 0 Å². The molecule has 48 valence electrons. The molecule has 0 bridgehead atoms. The number of aliphatic hydroxyl groups is 2. The molecule has 0 aliphatic heterocycles. The zero-order valence-electron chi connectivity index (χ0n) is 5.04. The molecular formula is C6H12O2. The summed E-state index contributed by atoms with van der Waals surface area (Å²) in [5.74, 6) is 0. The third-order valence-electron chi connectivity index (χ3n) is 0.749. The van der Waals surface area contributed by atoms with Gasteiger partial charge in [-0.1, -0.05) is 19.1 Å². The molecule has 0 amide bonds. The molecule has 0 unspecified atom stereocenters. The normalized spacial score (nSPS) is 11.5. The van der Waals surface area contributed by atoms with Gasteiger partial charge in [-0.25, -0.2) is 0 Å². The summed E-state index contributed by atoms with van der Waals surface area (Å²) in [6.07, 6.45) is 3.77. The Morgan fingerprint density at radius 3 is 2.38 bits per heavy atom. The summed E-state index contributed by atoms with van der Waals surface area (Å²) in [5, 5.41) is 16.6. The van der Waals surface area contributed by atoms with Gasteiger partial charge < -0.3 is 10.2 Å². The predicted molar refractivity (Wildman–Crippen MR) is 32.3 cm³/mol. The van der Waals surface area contributed by atoms with Gasteiger partial charge in [0.05, 0.1) is 0 Å². The first-order chi connectivity index (χ1) is 3.77. The summed E-state index contributed by atoms with van der Waals surface area (Å²) in [7, 11) is 0. The van der Waals surface area contributed by atoms with E-state index in [1.807, 2.05) is 13.0 Å². The molecule has 0 fully saturated rings. The molecule has 0 heterocycles. The Morgan fingerprint density at radius 2 is 2.00 bits per heavy atom. The Bertz CT molecular complexity index is 66.9. The van der Waals surface area contributed by atoms with Crippen molar-refractivity contribution in [1.29, 1.82) is 0 Å². The van der Waals surface area contributed by atoms with Gasteiger partial charge in [0.15, 0.2) is 6.29 Å². The monoisotopic (exact) mass is 116 g/mol. The van der Waals surface area contributed by atoms with Crippen LogP contribution in [0.4, 0.5) is 0 Å². The second kappa shape index (κ2) is 4.81. The van der Waals surface area contributed by atoms with Gasteiger partial charge >= 0.3 is 0 Å². The van der Waals surface area contributed by atoms with Crippen LogP contribution >= 0.6 is 0 Å². The molecule has 8 heavy (non-hydrogen) atoms. The highest BCUT2D eigenvalue weighted by molar-refractivity contribution is 4.80. The van der Waals surface area contributed by atoms with E-state index >= 15 is 0 Å². The fraction of sp³-hybridized carbons (Fsp3) is 0.667. The number of rotatable bonds is 3. The molecule has 0 rings (SSSR count). The third-order valence-corrected chi connectivity index (χ3v) is 0.749. The quantitative estimate of drug-likeness (QED) is 0.420. The molecule has 0 spiro atoms. The Labute approximate surface area is 49.5 Å². The standard InChI is InChI=1S/C6H12O2/c1-2-3-4-5-6(7)8/h3-4,6-8H,2,5H2,1H3/b4-3-. The minimum absolute atomic E-state index is 0.341. The molecule has 2 nitrogen and oxygen atoms in total. The van der Waals surface area contributed by atoms with Crippen molar-refractivity contribution in [1.82, 2.24) is 0 Å². The topological polar surface area (TPSA) is 40.5 Å². The van der Waals surface area contributed by atoms with Crippen LogP contribution in [-0.2, 0) is 0 Å². The molecule has 0 saturated carbocycles. The first-order valence-corrected chi connectivity index (χ1v) is 2.78. The Hall–Kier alpha value is -0.340. The Morgan fingerprint density at radius 1 is 1.38 bits per heavy atom. The van der Waals surface area contributed by atoms with E-state index in [2.05, 4.69) is 0 Å². The third kappa shape index (κ3) is 5.66. The highest BCUT2D eigenvalue weighted by atomic mass is 16.5. The van der Waals surface area contributed by atoms with Crippen molar-refractivity contribution in [3.8, 4) is 0 Å². The lowest BCUT2D eigenvalue weighted by Crippen LogP contribution is -2.00. The summed E-state index contributed by atoms with van der Waals surface area (Å²) in [4.78, 5) is 0. The summed E-state index contributed by atoms with van der Waals surface area (Å²) in [6.45, 7) is 2.00. The number of aliphatic hydroxyl groups excluding tert-OH is 1. The van der Waals surface area contributed by atoms with Crippen LogP contribution in [-0.4, -0.2) is 16.5 Å². The van der Waals surface area contributed by atoms with Crippen molar-refractivity contribution in [2.24, 2.45) is 0 Å². The van der Waals surface area contributed by atoms with E-state index in [0.717, 1.165) is 6.42 Å². The summed E-state index contributed by atoms with van der Waals surface area (Å²) >= 11 is 0. The van der Waals surface area contributed by atoms with Crippen molar-refractivity contribution < 1.29 is 10.2 Å². The summed E-state index contributed by atoms with van der Waals surface area (Å²) in [6, 6.07) is 0. The lowest BCUT2D eigenvalue weighted by Gasteiger charge is -1.93. The SMILES string of the molecule is CC/C=C\CC(O)O. The van der Waals surface area contributed by atoms with Crippen LogP contribution in [0.15, 0.2) is 12.2 Å². The van der Waals surface area contributed by atoms with Crippen molar-refractivity contribution in [2.75, 3.05) is 0 Å². The Balaban J connectivity index is 3.03. The van der Waals surface area contributed by atoms with E-state index < -0.39 is 6.29 Å². The largest absolute Gasteiger partial charge is 0.368 e. The fourth-order valence-corrected chi connectivity index (χ4v) is 0.385. The van der Waals surface area contributed by atoms with E-state index in [-0.39, 0.29) is 0 Å². The smallest absolute Gasteiger partial charge is 0.154 e. The van der Waals surface area contributed by atoms with Crippen LogP contribution in [0.1, 0.15) is 19.8 Å². The predicted octanol–water partition coefficient (Wildman–Crippen LogP) is 0.653. The van der Waals surface area contributed by atoms with E-state index in [1.165, 1.54) is 0 Å². The molecule has 0 atom stereocenters. The first kappa shape index (κ1) is 7.66. The van der Waals surface area contributed by atoms with E-state index in [4.69, 9.17) is 10.2 Å². The van der Waals surface area contributed by atoms with Gasteiger partial charge in [0.25, 0.3) is 0 Å². The number of hydrogen-bond acceptors (Lipinski definition) is 2. The van der Waals surface area contributed by atoms with E-state index in [0.29, 0.717) is 6.42 Å². The minimum atomic E-state index is -1.18. The molecule has 0 aromatic rings. The van der Waals surface area contributed by atoms with Gasteiger partial charge in [0.2, 0.25) is 0 Å². The molecule has 2 heteroatoms. The molecule has 0 aliphatic carbocycles. The van der Waals surface area contributed by atoms with Crippen LogP contribution in [0.2, 0.25) is 0 Å². The number of hydrogen-bond donors (Lipinski definition) is 2. The fourth-order valence-electron chi connectivity index (χ4n) is 0.385. The maximum Gasteiger partial charge on any atom is 0.154 e. The van der Waals surface area contributed by atoms with Gasteiger partial charge in [-0.3, -0.25) is 0 Å². The summed E-state index contributed by atoms with van der Waals surface area (Å²) in [5.41, 5.74) is 0. The molecule has 0 aromatic heterocycles. The van der Waals surface area contributed by atoms with Gasteiger partial charge in [0, 0.05) is 6.42 Å². The highest BCUT2D eigenvalue weighted by Gasteiger charge is 1.88. The Kier molecular flexibility index (Phi) is 4.61. The van der Waals surface area contributed by atoms with Crippen molar-refractivity contribution in [3.63, 3.8) is 0 Å². The van der Waals surface area contributed by atoms with E-state index in [9.17, 15) is 0 Å². The first-order valence-electron chi connectivity index (χ1n) is 2.78. The second-order valence-electron chi connectivity index (χ2n) is 1.60. The zero-order chi connectivity index (χ0) is 6.41. The average molecular weight is 116 g/mol. The van der Waals surface area contributed by atoms with Crippen molar-refractivity contribution >= 4 is 0 Å². The number of allylic oxidation sites excluding steroid dienone is 1. The molecular weight excluding hydrogens is 104 g/mol. The molecule has 0 aliphatic rings. The van der Waals surface area contributed by atoms with Gasteiger partial charge in [0.1, 0.15) is 0 Å². The van der Waals surface area contributed by atoms with Crippen LogP contribution in [0, 0.1) is 0 Å². The highest BCUT2D eigenvalue weighted by Crippen LogP contribution is 1.88. The lowest BCUT2D eigenvalue weighted by atomic mass is 10.3. The van der Waals surface area contributed by atoms with Crippen molar-refractivity contribution in [2.45, 2.75) is 26.1 Å². The van der Waals surface area contributed by atoms with E-state index in [1.54, 1.807) is 6.08 Å². The summed E-state index contributed by atoms with van der Waals surface area (Å²) < 4.78 is 0. The molecule has 2 N–H and O–H groups in total. The van der Waals surface area contributed by atoms with Gasteiger partial charge in [-0.2, -0.15) is 0 Å². The van der Waals surface area contributed by atoms with Gasteiger partial charge in [-0.05, 0) is 6.42 Å². The van der Waals surface area contributed by atoms with Crippen LogP contribution in [0.5, 0.6) is 0 Å². The molecule has 0 saturated heterocycles. The zero-order valence-corrected chi connectivity index (χ0v) is 5.04. The van der Waals surface area contributed by atoms with Crippen LogP contribution in [0.25, 0.3) is 0 Å². The van der Waals surface area contributed by atoms with Crippen LogP contribution < -0.4 is 0 Å². The van der Waals surface area contributed by atoms with Crippen molar-refractivity contribution in [3.05, 3.63) is 12.2 Å². The molecule has 0 aromatic carbocycles. The molecule has 0 radical (unpaired) electrons. The minimum Gasteiger partial charge on any atom is -0.368 e. The average Bonchev–Trinajstić information content (AvgIpc) is 1.66. The maximum absolute atomic E-state index is 8.28. The van der Waals surface area contributed by atoms with Gasteiger partial charge in [-0.15, -0.1) is 0 Å².